The Kier molecular flexibility index (Phi) is 7.93. The van der Waals surface area contributed by atoms with Gasteiger partial charge in [0, 0.05) is 26.2 Å². The van der Waals surface area contributed by atoms with Crippen molar-refractivity contribution >= 4 is 35.8 Å². The van der Waals surface area contributed by atoms with E-state index in [1.54, 1.807) is 4.90 Å². The average Bonchev–Trinajstić information content (AvgIpc) is 2.54. The van der Waals surface area contributed by atoms with E-state index < -0.39 is 17.8 Å². The van der Waals surface area contributed by atoms with Gasteiger partial charge in [-0.15, -0.1) is 12.4 Å². The number of halogens is 3. The molecule has 1 unspecified atom stereocenters. The maximum absolute atomic E-state index is 13.8. The van der Waals surface area contributed by atoms with E-state index in [2.05, 4.69) is 0 Å². The van der Waals surface area contributed by atoms with Gasteiger partial charge in [-0.1, -0.05) is 31.0 Å². The molecule has 0 bridgehead atoms. The van der Waals surface area contributed by atoms with Crippen molar-refractivity contribution in [2.75, 3.05) is 26.2 Å². The number of piperazine rings is 1. The number of rotatable bonds is 4. The van der Waals surface area contributed by atoms with Crippen LogP contribution in [0.15, 0.2) is 18.2 Å². The van der Waals surface area contributed by atoms with Crippen molar-refractivity contribution in [2.45, 2.75) is 25.8 Å². The van der Waals surface area contributed by atoms with Crippen LogP contribution in [0, 0.1) is 5.82 Å². The lowest BCUT2D eigenvalue weighted by Crippen LogP contribution is -2.54. The summed E-state index contributed by atoms with van der Waals surface area (Å²) in [6, 6.07) is 3.66. The van der Waals surface area contributed by atoms with Crippen molar-refractivity contribution in [1.82, 2.24) is 9.80 Å². The van der Waals surface area contributed by atoms with E-state index in [1.165, 1.54) is 23.1 Å². The molecule has 0 aliphatic carbocycles. The van der Waals surface area contributed by atoms with Gasteiger partial charge in [0.2, 0.25) is 5.91 Å². The molecule has 1 aliphatic rings. The summed E-state index contributed by atoms with van der Waals surface area (Å²) in [6.07, 6.45) is 1.49. The number of nitrogens with two attached hydrogens (primary N) is 1. The van der Waals surface area contributed by atoms with Gasteiger partial charge in [-0.2, -0.15) is 0 Å². The minimum atomic E-state index is -0.633. The molecule has 1 aromatic carbocycles. The fourth-order valence-electron chi connectivity index (χ4n) is 2.66. The lowest BCUT2D eigenvalue weighted by atomic mass is 10.1. The molecule has 1 heterocycles. The van der Waals surface area contributed by atoms with Crippen LogP contribution in [0.1, 0.15) is 30.1 Å². The monoisotopic (exact) mass is 377 g/mol. The molecule has 1 aromatic rings. The third-order valence-corrected chi connectivity index (χ3v) is 4.29. The molecule has 5 nitrogen and oxygen atoms in total. The number of nitrogens with zero attached hydrogens (tertiary/aromatic N) is 2. The van der Waals surface area contributed by atoms with Crippen molar-refractivity contribution in [2.24, 2.45) is 5.73 Å². The van der Waals surface area contributed by atoms with Crippen LogP contribution in [0.4, 0.5) is 4.39 Å². The van der Waals surface area contributed by atoms with Gasteiger partial charge in [-0.3, -0.25) is 9.59 Å². The second-order valence-corrected chi connectivity index (χ2v) is 6.02. The molecular weight excluding hydrogens is 356 g/mol. The first-order valence-corrected chi connectivity index (χ1v) is 8.11. The predicted octanol–water partition coefficient (Wildman–Crippen LogP) is 2.31. The van der Waals surface area contributed by atoms with Gasteiger partial charge >= 0.3 is 0 Å². The van der Waals surface area contributed by atoms with Gasteiger partial charge < -0.3 is 15.5 Å². The van der Waals surface area contributed by atoms with E-state index in [0.29, 0.717) is 32.6 Å². The lowest BCUT2D eigenvalue weighted by Gasteiger charge is -2.36. The summed E-state index contributed by atoms with van der Waals surface area (Å²) in [4.78, 5) is 27.8. The van der Waals surface area contributed by atoms with E-state index in [1.807, 2.05) is 6.92 Å². The fourth-order valence-corrected chi connectivity index (χ4v) is 2.90. The smallest absolute Gasteiger partial charge is 0.258 e. The van der Waals surface area contributed by atoms with Crippen molar-refractivity contribution in [3.05, 3.63) is 34.6 Å². The molecule has 2 rings (SSSR count). The Balaban J connectivity index is 0.00000288. The van der Waals surface area contributed by atoms with Gasteiger partial charge in [0.15, 0.2) is 0 Å². The molecule has 1 fully saturated rings. The highest BCUT2D eigenvalue weighted by molar-refractivity contribution is 6.33. The Bertz CT molecular complexity index is 572. The summed E-state index contributed by atoms with van der Waals surface area (Å²) >= 11 is 5.93. The maximum atomic E-state index is 13.8. The number of hydrogen-bond acceptors (Lipinski definition) is 3. The summed E-state index contributed by atoms with van der Waals surface area (Å²) in [7, 11) is 0. The summed E-state index contributed by atoms with van der Waals surface area (Å²) in [6.45, 7) is 3.45. The average molecular weight is 378 g/mol. The topological polar surface area (TPSA) is 66.6 Å². The third-order valence-electron chi connectivity index (χ3n) is 3.97. The Morgan fingerprint density at radius 1 is 1.25 bits per heavy atom. The van der Waals surface area contributed by atoms with Crippen LogP contribution in [-0.4, -0.2) is 53.8 Å². The van der Waals surface area contributed by atoms with E-state index in [4.69, 9.17) is 17.3 Å². The maximum Gasteiger partial charge on any atom is 0.258 e. The van der Waals surface area contributed by atoms with Crippen LogP contribution in [-0.2, 0) is 4.79 Å². The number of amides is 2. The van der Waals surface area contributed by atoms with Crippen LogP contribution in [0.2, 0.25) is 5.02 Å². The van der Waals surface area contributed by atoms with Crippen LogP contribution >= 0.6 is 24.0 Å². The number of carbonyl (C=O) groups is 2. The minimum absolute atomic E-state index is 0. The van der Waals surface area contributed by atoms with Crippen LogP contribution in [0.3, 0.4) is 0 Å². The molecule has 1 aliphatic heterocycles. The summed E-state index contributed by atoms with van der Waals surface area (Å²) in [5.74, 6) is -1.17. The molecule has 0 spiro atoms. The highest BCUT2D eigenvalue weighted by Crippen LogP contribution is 2.21. The van der Waals surface area contributed by atoms with Gasteiger partial charge in [0.05, 0.1) is 16.6 Å². The van der Waals surface area contributed by atoms with E-state index in [0.717, 1.165) is 6.42 Å². The first-order valence-electron chi connectivity index (χ1n) is 7.73. The summed E-state index contributed by atoms with van der Waals surface area (Å²) in [5, 5.41) is 0.0958. The van der Waals surface area contributed by atoms with Gasteiger partial charge in [-0.05, 0) is 18.6 Å². The standard InChI is InChI=1S/C16H21ClFN3O2.ClH/c1-2-4-13(19)15(22)20-7-9-21(10-8-20)16(23)14-11(17)5-3-6-12(14)18;/h3,5-6,13H,2,4,7-10,19H2,1H3;1H. The predicted molar refractivity (Wildman–Crippen MR) is 94.0 cm³/mol. The minimum Gasteiger partial charge on any atom is -0.338 e. The van der Waals surface area contributed by atoms with Crippen molar-refractivity contribution in [3.63, 3.8) is 0 Å². The third kappa shape index (κ3) is 4.59. The molecule has 8 heteroatoms. The molecule has 0 saturated carbocycles. The Labute approximate surface area is 152 Å². The van der Waals surface area contributed by atoms with Crippen LogP contribution in [0.25, 0.3) is 0 Å². The number of carbonyl (C=O) groups excluding carboxylic acids is 2. The summed E-state index contributed by atoms with van der Waals surface area (Å²) < 4.78 is 13.8. The molecular formula is C16H22Cl2FN3O2. The SMILES string of the molecule is CCCC(N)C(=O)N1CCN(C(=O)c2c(F)cccc2Cl)CC1.Cl. The zero-order valence-electron chi connectivity index (χ0n) is 13.5. The van der Waals surface area contributed by atoms with Crippen LogP contribution < -0.4 is 5.73 Å². The molecule has 2 amide bonds. The Hall–Kier alpha value is -1.37. The fraction of sp³-hybridized carbons (Fsp3) is 0.500. The molecule has 0 aromatic heterocycles. The van der Waals surface area contributed by atoms with Crippen LogP contribution in [0.5, 0.6) is 0 Å². The van der Waals surface area contributed by atoms with E-state index >= 15 is 0 Å². The van der Waals surface area contributed by atoms with Gasteiger partial charge in [-0.25, -0.2) is 4.39 Å². The Morgan fingerprint density at radius 3 is 2.38 bits per heavy atom. The molecule has 0 radical (unpaired) electrons. The van der Waals surface area contributed by atoms with Gasteiger partial charge in [0.25, 0.3) is 5.91 Å². The Morgan fingerprint density at radius 2 is 1.83 bits per heavy atom. The highest BCUT2D eigenvalue weighted by Gasteiger charge is 2.29. The summed E-state index contributed by atoms with van der Waals surface area (Å²) in [5.41, 5.74) is 5.73. The normalized spacial score (nSPS) is 15.7. The first kappa shape index (κ1) is 20.7. The zero-order chi connectivity index (χ0) is 17.0. The van der Waals surface area contributed by atoms with Crippen molar-refractivity contribution in [1.29, 1.82) is 0 Å². The highest BCUT2D eigenvalue weighted by atomic mass is 35.5. The van der Waals surface area contributed by atoms with E-state index in [9.17, 15) is 14.0 Å². The second-order valence-electron chi connectivity index (χ2n) is 5.61. The molecule has 1 saturated heterocycles. The quantitative estimate of drug-likeness (QED) is 0.875. The first-order chi connectivity index (χ1) is 11.0. The van der Waals surface area contributed by atoms with Crippen molar-refractivity contribution < 1.29 is 14.0 Å². The lowest BCUT2D eigenvalue weighted by molar-refractivity contribution is -0.134. The van der Waals surface area contributed by atoms with E-state index in [-0.39, 0.29) is 28.9 Å². The molecule has 1 atom stereocenters. The largest absolute Gasteiger partial charge is 0.338 e. The van der Waals surface area contributed by atoms with Crippen molar-refractivity contribution in [3.8, 4) is 0 Å². The molecule has 2 N–H and O–H groups in total. The molecule has 24 heavy (non-hydrogen) atoms. The molecule has 134 valence electrons. The zero-order valence-corrected chi connectivity index (χ0v) is 15.1. The number of benzene rings is 1. The van der Waals surface area contributed by atoms with Gasteiger partial charge in [0.1, 0.15) is 5.82 Å². The second kappa shape index (κ2) is 9.20. The number of hydrogen-bond donors (Lipinski definition) is 1.